The van der Waals surface area contributed by atoms with Crippen LogP contribution in [-0.2, 0) is 19.1 Å². The van der Waals surface area contributed by atoms with Crippen LogP contribution in [0.25, 0.3) is 43.9 Å². The molecule has 424 valence electrons. The number of pyridine rings is 1. The normalized spacial score (nSPS) is 11.3. The molecule has 0 spiro atoms. The molecule has 8 rings (SSSR count). The fourth-order valence-corrected chi connectivity index (χ4v) is 9.03. The highest BCUT2D eigenvalue weighted by Crippen LogP contribution is 2.38. The van der Waals surface area contributed by atoms with Crippen molar-refractivity contribution in [3.05, 3.63) is 194 Å². The summed E-state index contributed by atoms with van der Waals surface area (Å²) in [5.74, 6) is 2.83. The number of nitrogens with zero attached hydrogens (tertiary/aromatic N) is 1. The summed E-state index contributed by atoms with van der Waals surface area (Å²) in [4.78, 5) is 40.8. The third-order valence-electron chi connectivity index (χ3n) is 13.6. The number of benzene rings is 7. The lowest BCUT2D eigenvalue weighted by Crippen LogP contribution is -2.08. The first-order valence-electron chi connectivity index (χ1n) is 28.3. The van der Waals surface area contributed by atoms with Crippen LogP contribution in [0.1, 0.15) is 106 Å². The Balaban J connectivity index is 0.916. The zero-order valence-corrected chi connectivity index (χ0v) is 46.6. The maximum Gasteiger partial charge on any atom is 0.343 e. The molecule has 13 nitrogen and oxygen atoms in total. The Labute approximate surface area is 480 Å². The maximum atomic E-state index is 13.3. The van der Waals surface area contributed by atoms with Gasteiger partial charge in [0, 0.05) is 28.5 Å². The van der Waals surface area contributed by atoms with Crippen LogP contribution in [0.2, 0.25) is 0 Å². The second-order valence-corrected chi connectivity index (χ2v) is 19.7. The van der Waals surface area contributed by atoms with Crippen LogP contribution in [0, 0.1) is 0 Å². The molecule has 0 aliphatic rings. The molecule has 0 fully saturated rings. The van der Waals surface area contributed by atoms with E-state index in [0.29, 0.717) is 78.8 Å². The standard InChI is InChI=1S/C69H71NO12/c1-4-7-8-13-42-75-55-28-34-58(35-29-55)80-67-63-47-53(49-18-22-51(23-19-49)68(73)81-59-36-30-56(31-37-59)76-43-14-9-11-16-45-78-65(71)5-2)26-40-61(63)62-41-27-54(48-64(62)70-67)50-20-24-52(25-21-50)69(74)82-60-38-32-57(33-39-60)77-44-15-10-12-17-46-79-66(72)6-3/h5-6,18-41,47-48,69,74H,2-4,7-17,42-46H2,1H3. The van der Waals surface area contributed by atoms with E-state index in [2.05, 4.69) is 50.4 Å². The molecule has 0 saturated heterocycles. The van der Waals surface area contributed by atoms with E-state index in [0.717, 1.165) is 114 Å². The number of rotatable bonds is 33. The molecule has 82 heavy (non-hydrogen) atoms. The van der Waals surface area contributed by atoms with Gasteiger partial charge in [0.25, 0.3) is 0 Å². The summed E-state index contributed by atoms with van der Waals surface area (Å²) in [5, 5.41) is 13.8. The highest BCUT2D eigenvalue weighted by molar-refractivity contribution is 6.10. The minimum atomic E-state index is -1.19. The first kappa shape index (κ1) is 59.2. The van der Waals surface area contributed by atoms with Crippen molar-refractivity contribution in [3.63, 3.8) is 0 Å². The Kier molecular flexibility index (Phi) is 22.5. The molecule has 7 aromatic carbocycles. The van der Waals surface area contributed by atoms with Crippen LogP contribution in [0.3, 0.4) is 0 Å². The van der Waals surface area contributed by atoms with E-state index in [-0.39, 0.29) is 0 Å². The molecule has 1 unspecified atom stereocenters. The van der Waals surface area contributed by atoms with Crippen molar-refractivity contribution in [2.75, 3.05) is 33.0 Å². The van der Waals surface area contributed by atoms with Crippen LogP contribution < -0.4 is 28.4 Å². The van der Waals surface area contributed by atoms with Crippen molar-refractivity contribution in [1.29, 1.82) is 0 Å². The van der Waals surface area contributed by atoms with Gasteiger partial charge in [0.15, 0.2) is 0 Å². The average Bonchev–Trinajstić information content (AvgIpc) is 3.54. The number of hydrogen-bond acceptors (Lipinski definition) is 13. The third kappa shape index (κ3) is 17.8. The Morgan fingerprint density at radius 1 is 0.463 bits per heavy atom. The molecule has 13 heteroatoms. The number of ether oxygens (including phenoxy) is 8. The summed E-state index contributed by atoms with van der Waals surface area (Å²) in [5.41, 5.74) is 5.40. The second-order valence-electron chi connectivity index (χ2n) is 19.7. The molecular formula is C69H71NO12. The van der Waals surface area contributed by atoms with Gasteiger partial charge < -0.3 is 43.0 Å². The number of carbonyl (C=O) groups excluding carboxylic acids is 3. The molecule has 0 aliphatic heterocycles. The first-order chi connectivity index (χ1) is 40.2. The lowest BCUT2D eigenvalue weighted by molar-refractivity contribution is -0.138. The molecule has 0 aliphatic carbocycles. The van der Waals surface area contributed by atoms with Crippen molar-refractivity contribution in [1.82, 2.24) is 4.98 Å². The maximum absolute atomic E-state index is 13.3. The smallest absolute Gasteiger partial charge is 0.343 e. The molecule has 1 atom stereocenters. The minimum Gasteiger partial charge on any atom is -0.494 e. The summed E-state index contributed by atoms with van der Waals surface area (Å²) >= 11 is 0. The number of aliphatic hydroxyl groups excluding tert-OH is 1. The number of esters is 3. The molecule has 1 N–H and O–H groups in total. The summed E-state index contributed by atoms with van der Waals surface area (Å²) in [6, 6.07) is 49.1. The average molecular weight is 1110 g/mol. The van der Waals surface area contributed by atoms with Crippen LogP contribution in [0.4, 0.5) is 0 Å². The number of unbranched alkanes of at least 4 members (excludes halogenated alkanes) is 9. The summed E-state index contributed by atoms with van der Waals surface area (Å²) in [6.07, 6.45) is 12.7. The Hall–Kier alpha value is -8.94. The molecule has 0 amide bonds. The van der Waals surface area contributed by atoms with Gasteiger partial charge in [-0.3, -0.25) is 0 Å². The predicted octanol–water partition coefficient (Wildman–Crippen LogP) is 16.1. The van der Waals surface area contributed by atoms with E-state index in [4.69, 9.17) is 42.9 Å². The van der Waals surface area contributed by atoms with E-state index >= 15 is 0 Å². The van der Waals surface area contributed by atoms with E-state index in [1.165, 1.54) is 25.0 Å². The fourth-order valence-electron chi connectivity index (χ4n) is 9.03. The molecule has 0 bridgehead atoms. The van der Waals surface area contributed by atoms with E-state index in [9.17, 15) is 19.5 Å². The van der Waals surface area contributed by atoms with Gasteiger partial charge in [0.2, 0.25) is 12.2 Å². The SMILES string of the molecule is C=CC(=O)OCCCCCCOc1ccc(OC(=O)c2ccc(-c3ccc4c(c3)c(Oc3ccc(OCCCCCC)cc3)nc3cc(-c5ccc(C(O)Oc6ccc(OCCCCCCOC(=O)C=C)cc6)cc5)ccc34)cc2)cc1. The van der Waals surface area contributed by atoms with Crippen molar-refractivity contribution in [2.24, 2.45) is 0 Å². The Morgan fingerprint density at radius 2 is 0.902 bits per heavy atom. The van der Waals surface area contributed by atoms with Crippen molar-refractivity contribution < 1.29 is 57.4 Å². The largest absolute Gasteiger partial charge is 0.494 e. The second kappa shape index (κ2) is 31.2. The molecule has 0 radical (unpaired) electrons. The number of hydrogen-bond donors (Lipinski definition) is 1. The Morgan fingerprint density at radius 3 is 1.43 bits per heavy atom. The third-order valence-corrected chi connectivity index (χ3v) is 13.6. The lowest BCUT2D eigenvalue weighted by atomic mass is 9.97. The fraction of sp³-hybridized carbons (Fsp3) is 0.275. The number of aromatic nitrogens is 1. The van der Waals surface area contributed by atoms with Gasteiger partial charge in [0.1, 0.15) is 34.5 Å². The van der Waals surface area contributed by atoms with Crippen LogP contribution in [0.15, 0.2) is 183 Å². The zero-order chi connectivity index (χ0) is 57.3. The molecule has 1 heterocycles. The van der Waals surface area contributed by atoms with Gasteiger partial charge in [-0.1, -0.05) is 100 Å². The van der Waals surface area contributed by atoms with Gasteiger partial charge in [-0.2, -0.15) is 0 Å². The van der Waals surface area contributed by atoms with Gasteiger partial charge >= 0.3 is 17.9 Å². The summed E-state index contributed by atoms with van der Waals surface area (Å²) in [6.45, 7) is 11.5. The van der Waals surface area contributed by atoms with Crippen LogP contribution >= 0.6 is 0 Å². The number of fused-ring (bicyclic) bond motifs is 3. The monoisotopic (exact) mass is 1110 g/mol. The van der Waals surface area contributed by atoms with E-state index < -0.39 is 24.2 Å². The van der Waals surface area contributed by atoms with Crippen molar-refractivity contribution in [2.45, 2.75) is 90.3 Å². The van der Waals surface area contributed by atoms with E-state index in [1.54, 1.807) is 48.5 Å². The summed E-state index contributed by atoms with van der Waals surface area (Å²) < 4.78 is 46.1. The molecule has 1 aromatic heterocycles. The van der Waals surface area contributed by atoms with Gasteiger partial charge in [-0.15, -0.1) is 0 Å². The van der Waals surface area contributed by atoms with Gasteiger partial charge in [-0.05, 0) is 182 Å². The van der Waals surface area contributed by atoms with Gasteiger partial charge in [0.05, 0.1) is 44.1 Å². The van der Waals surface area contributed by atoms with Crippen LogP contribution in [0.5, 0.6) is 40.4 Å². The van der Waals surface area contributed by atoms with Crippen molar-refractivity contribution in [3.8, 4) is 62.6 Å². The highest BCUT2D eigenvalue weighted by Gasteiger charge is 2.17. The Bertz CT molecular complexity index is 3340. The first-order valence-corrected chi connectivity index (χ1v) is 28.3. The van der Waals surface area contributed by atoms with Crippen LogP contribution in [-0.4, -0.2) is 61.0 Å². The molecular weight excluding hydrogens is 1030 g/mol. The molecule has 8 aromatic rings. The molecule has 0 saturated carbocycles. The minimum absolute atomic E-state index is 0.385. The highest BCUT2D eigenvalue weighted by atomic mass is 16.6. The zero-order valence-electron chi connectivity index (χ0n) is 46.6. The topological polar surface area (TPSA) is 158 Å². The number of aliphatic hydroxyl groups is 1. The predicted molar refractivity (Wildman–Crippen MR) is 320 cm³/mol. The van der Waals surface area contributed by atoms with Crippen molar-refractivity contribution >= 4 is 39.6 Å². The quantitative estimate of drug-likeness (QED) is 0.0104. The number of carbonyl (C=O) groups is 3. The van der Waals surface area contributed by atoms with E-state index in [1.807, 2.05) is 78.9 Å². The lowest BCUT2D eigenvalue weighted by Gasteiger charge is -2.15. The van der Waals surface area contributed by atoms with Gasteiger partial charge in [-0.25, -0.2) is 19.4 Å². The summed E-state index contributed by atoms with van der Waals surface area (Å²) in [7, 11) is 0.